The highest BCUT2D eigenvalue weighted by Gasteiger charge is 2.21. The highest BCUT2D eigenvalue weighted by atomic mass is 127. The summed E-state index contributed by atoms with van der Waals surface area (Å²) in [6.45, 7) is 4.81. The largest absolute Gasteiger partial charge is 0.357 e. The van der Waals surface area contributed by atoms with E-state index in [-0.39, 0.29) is 24.0 Å². The molecule has 1 atom stereocenters. The summed E-state index contributed by atoms with van der Waals surface area (Å²) in [5, 5.41) is 6.78. The monoisotopic (exact) mass is 416 g/mol. The van der Waals surface area contributed by atoms with Gasteiger partial charge in [-0.1, -0.05) is 30.3 Å². The first-order valence-corrected chi connectivity index (χ1v) is 7.94. The Hall–Kier alpha value is -0.820. The van der Waals surface area contributed by atoms with Crippen LogP contribution in [-0.4, -0.2) is 44.6 Å². The second-order valence-corrected chi connectivity index (χ2v) is 5.93. The van der Waals surface area contributed by atoms with E-state index in [4.69, 9.17) is 4.99 Å². The van der Waals surface area contributed by atoms with Gasteiger partial charge in [-0.25, -0.2) is 0 Å². The zero-order chi connectivity index (χ0) is 15.1. The number of rotatable bonds is 7. The Balaban J connectivity index is 0.00000242. The summed E-state index contributed by atoms with van der Waals surface area (Å²) >= 11 is 0. The summed E-state index contributed by atoms with van der Waals surface area (Å²) in [5.41, 5.74) is 1.31. The third-order valence-electron chi connectivity index (χ3n) is 3.83. The summed E-state index contributed by atoms with van der Waals surface area (Å²) < 4.78 is 0. The normalized spacial score (nSPS) is 16.1. The third-order valence-corrected chi connectivity index (χ3v) is 3.83. The maximum absolute atomic E-state index is 4.76. The number of hydrogen-bond donors (Lipinski definition) is 2. The van der Waals surface area contributed by atoms with Crippen LogP contribution in [0, 0.1) is 5.92 Å². The molecule has 5 heteroatoms. The Kier molecular flexibility index (Phi) is 8.78. The number of nitrogens with one attached hydrogen (secondary N) is 2. The van der Waals surface area contributed by atoms with Gasteiger partial charge in [0.1, 0.15) is 0 Å². The standard InChI is InChI=1S/C17H28N4.HI/c1-4-18-17(19-12-14-10-11-14)20-13-16(21(2)3)15-8-6-5-7-9-15;/h5-9,14,16H,4,10-13H2,1-3H3,(H2,18,19,20);1H. The number of benzene rings is 1. The van der Waals surface area contributed by atoms with E-state index in [1.807, 2.05) is 0 Å². The molecule has 0 bridgehead atoms. The summed E-state index contributed by atoms with van der Waals surface area (Å²) in [4.78, 5) is 6.99. The van der Waals surface area contributed by atoms with E-state index in [9.17, 15) is 0 Å². The fourth-order valence-corrected chi connectivity index (χ4v) is 2.32. The molecule has 124 valence electrons. The van der Waals surface area contributed by atoms with Gasteiger partial charge in [-0.05, 0) is 45.3 Å². The van der Waals surface area contributed by atoms with Crippen LogP contribution in [0.3, 0.4) is 0 Å². The van der Waals surface area contributed by atoms with Crippen molar-refractivity contribution in [2.45, 2.75) is 25.8 Å². The van der Waals surface area contributed by atoms with Gasteiger partial charge >= 0.3 is 0 Å². The van der Waals surface area contributed by atoms with Gasteiger partial charge in [-0.2, -0.15) is 0 Å². The molecule has 1 fully saturated rings. The van der Waals surface area contributed by atoms with Crippen molar-refractivity contribution < 1.29 is 0 Å². The number of guanidine groups is 1. The maximum atomic E-state index is 4.76. The van der Waals surface area contributed by atoms with Crippen molar-refractivity contribution in [2.75, 3.05) is 33.7 Å². The molecule has 0 radical (unpaired) electrons. The van der Waals surface area contributed by atoms with Crippen molar-refractivity contribution in [3.05, 3.63) is 35.9 Å². The van der Waals surface area contributed by atoms with Crippen molar-refractivity contribution in [2.24, 2.45) is 10.9 Å². The molecule has 4 nitrogen and oxygen atoms in total. The zero-order valence-corrected chi connectivity index (χ0v) is 16.2. The van der Waals surface area contributed by atoms with Crippen LogP contribution >= 0.6 is 24.0 Å². The Morgan fingerprint density at radius 1 is 1.23 bits per heavy atom. The summed E-state index contributed by atoms with van der Waals surface area (Å²) in [6, 6.07) is 10.9. The van der Waals surface area contributed by atoms with Crippen LogP contribution < -0.4 is 10.6 Å². The molecule has 1 saturated carbocycles. The first-order valence-electron chi connectivity index (χ1n) is 7.94. The van der Waals surface area contributed by atoms with Crippen molar-refractivity contribution in [3.8, 4) is 0 Å². The Morgan fingerprint density at radius 2 is 1.91 bits per heavy atom. The molecule has 1 unspecified atom stereocenters. The van der Waals surface area contributed by atoms with Crippen LogP contribution in [-0.2, 0) is 0 Å². The van der Waals surface area contributed by atoms with Gasteiger partial charge in [0.15, 0.2) is 5.96 Å². The van der Waals surface area contributed by atoms with Crippen molar-refractivity contribution in [1.82, 2.24) is 15.5 Å². The minimum absolute atomic E-state index is 0. The molecular weight excluding hydrogens is 387 g/mol. The Bertz CT molecular complexity index is 443. The number of hydrogen-bond acceptors (Lipinski definition) is 2. The SMILES string of the molecule is CCNC(=NCC(c1ccccc1)N(C)C)NCC1CC1.I. The van der Waals surface area contributed by atoms with Gasteiger partial charge < -0.3 is 15.5 Å². The van der Waals surface area contributed by atoms with Gasteiger partial charge in [0.05, 0.1) is 12.6 Å². The number of likely N-dealkylation sites (N-methyl/N-ethyl adjacent to an activating group) is 1. The quantitative estimate of drug-likeness (QED) is 0.408. The zero-order valence-electron chi connectivity index (χ0n) is 13.9. The second-order valence-electron chi connectivity index (χ2n) is 5.93. The summed E-state index contributed by atoms with van der Waals surface area (Å²) in [7, 11) is 4.22. The highest BCUT2D eigenvalue weighted by Crippen LogP contribution is 2.27. The number of nitrogens with zero attached hydrogens (tertiary/aromatic N) is 2. The lowest BCUT2D eigenvalue weighted by atomic mass is 10.1. The van der Waals surface area contributed by atoms with Crippen molar-refractivity contribution in [1.29, 1.82) is 0 Å². The van der Waals surface area contributed by atoms with Crippen molar-refractivity contribution in [3.63, 3.8) is 0 Å². The van der Waals surface area contributed by atoms with Gasteiger partial charge in [0.2, 0.25) is 0 Å². The van der Waals surface area contributed by atoms with Crippen LogP contribution in [0.4, 0.5) is 0 Å². The second kappa shape index (κ2) is 10.0. The lowest BCUT2D eigenvalue weighted by Crippen LogP contribution is -2.39. The van der Waals surface area contributed by atoms with Gasteiger partial charge in [0, 0.05) is 13.1 Å². The van der Waals surface area contributed by atoms with Crippen LogP contribution in [0.25, 0.3) is 0 Å². The first-order chi connectivity index (χ1) is 10.2. The fourth-order valence-electron chi connectivity index (χ4n) is 2.32. The molecule has 1 aliphatic carbocycles. The molecule has 22 heavy (non-hydrogen) atoms. The van der Waals surface area contributed by atoms with E-state index >= 15 is 0 Å². The van der Waals surface area contributed by atoms with Gasteiger partial charge in [-0.15, -0.1) is 24.0 Å². The number of halogens is 1. The van der Waals surface area contributed by atoms with Crippen LogP contribution in [0.2, 0.25) is 0 Å². The molecule has 0 heterocycles. The molecule has 0 aromatic heterocycles. The predicted octanol–water partition coefficient (Wildman–Crippen LogP) is 2.87. The van der Waals surface area contributed by atoms with Gasteiger partial charge in [-0.3, -0.25) is 4.99 Å². The van der Waals surface area contributed by atoms with Crippen LogP contribution in [0.15, 0.2) is 35.3 Å². The molecule has 1 aliphatic rings. The molecule has 2 N–H and O–H groups in total. The molecule has 0 aliphatic heterocycles. The molecule has 0 saturated heterocycles. The molecule has 2 rings (SSSR count). The smallest absolute Gasteiger partial charge is 0.191 e. The Morgan fingerprint density at radius 3 is 2.45 bits per heavy atom. The molecule has 0 amide bonds. The molecule has 1 aromatic rings. The first kappa shape index (κ1) is 19.2. The molecule has 0 spiro atoms. The van der Waals surface area contributed by atoms with E-state index in [0.29, 0.717) is 6.04 Å². The van der Waals surface area contributed by atoms with Crippen molar-refractivity contribution >= 4 is 29.9 Å². The average molecular weight is 416 g/mol. The Labute approximate surface area is 151 Å². The van der Waals surface area contributed by atoms with Crippen LogP contribution in [0.5, 0.6) is 0 Å². The average Bonchev–Trinajstić information content (AvgIpc) is 3.30. The predicted molar refractivity (Wildman–Crippen MR) is 105 cm³/mol. The van der Waals surface area contributed by atoms with E-state index < -0.39 is 0 Å². The minimum atomic E-state index is 0. The molecule has 1 aromatic carbocycles. The lowest BCUT2D eigenvalue weighted by Gasteiger charge is -2.23. The number of aliphatic imine (C=N–C) groups is 1. The summed E-state index contributed by atoms with van der Waals surface area (Å²) in [5.74, 6) is 1.79. The lowest BCUT2D eigenvalue weighted by molar-refractivity contribution is 0.306. The summed E-state index contributed by atoms with van der Waals surface area (Å²) in [6.07, 6.45) is 2.72. The minimum Gasteiger partial charge on any atom is -0.357 e. The van der Waals surface area contributed by atoms with E-state index in [2.05, 4.69) is 66.9 Å². The van der Waals surface area contributed by atoms with E-state index in [1.54, 1.807) is 0 Å². The van der Waals surface area contributed by atoms with Crippen LogP contribution in [0.1, 0.15) is 31.4 Å². The van der Waals surface area contributed by atoms with E-state index in [1.165, 1.54) is 18.4 Å². The topological polar surface area (TPSA) is 39.7 Å². The fraction of sp³-hybridized carbons (Fsp3) is 0.588. The highest BCUT2D eigenvalue weighted by molar-refractivity contribution is 14.0. The van der Waals surface area contributed by atoms with E-state index in [0.717, 1.165) is 31.5 Å². The molecular formula is C17H29IN4. The van der Waals surface area contributed by atoms with Gasteiger partial charge in [0.25, 0.3) is 0 Å². The third kappa shape index (κ3) is 6.52. The maximum Gasteiger partial charge on any atom is 0.191 e.